The lowest BCUT2D eigenvalue weighted by Crippen LogP contribution is -2.14. The van der Waals surface area contributed by atoms with Gasteiger partial charge in [0.25, 0.3) is 0 Å². The molecule has 0 N–H and O–H groups in total. The first-order valence-electron chi connectivity index (χ1n) is 3.28. The van der Waals surface area contributed by atoms with Gasteiger partial charge in [0.2, 0.25) is 0 Å². The molecule has 0 aromatic rings. The van der Waals surface area contributed by atoms with Crippen molar-refractivity contribution in [2.24, 2.45) is 10.4 Å². The molecule has 9 heavy (non-hydrogen) atoms. The molecule has 0 spiro atoms. The highest BCUT2D eigenvalue weighted by Gasteiger charge is 2.21. The van der Waals surface area contributed by atoms with Crippen LogP contribution in [0.3, 0.4) is 0 Å². The van der Waals surface area contributed by atoms with Crippen molar-refractivity contribution in [1.29, 1.82) is 0 Å². The van der Waals surface area contributed by atoms with E-state index < -0.39 is 0 Å². The molecular formula is C7H13NS. The second kappa shape index (κ2) is 2.33. The van der Waals surface area contributed by atoms with Crippen molar-refractivity contribution in [3.63, 3.8) is 0 Å². The molecule has 0 fully saturated rings. The quantitative estimate of drug-likeness (QED) is 0.506. The average Bonchev–Trinajstić information content (AvgIpc) is 2.08. The summed E-state index contributed by atoms with van der Waals surface area (Å²) in [5, 5.41) is 1.32. The Morgan fingerprint density at radius 3 is 2.33 bits per heavy atom. The zero-order valence-electron chi connectivity index (χ0n) is 6.27. The molecule has 1 nitrogen and oxygen atoms in total. The van der Waals surface area contributed by atoms with E-state index in [2.05, 4.69) is 25.8 Å². The van der Waals surface area contributed by atoms with Crippen molar-refractivity contribution in [3.05, 3.63) is 0 Å². The van der Waals surface area contributed by atoms with Crippen molar-refractivity contribution >= 4 is 16.8 Å². The van der Waals surface area contributed by atoms with E-state index in [1.54, 1.807) is 0 Å². The number of aliphatic imine (C=N–C) groups is 1. The molecule has 0 aliphatic carbocycles. The molecule has 0 amide bonds. The molecular weight excluding hydrogens is 130 g/mol. The molecule has 0 aromatic heterocycles. The normalized spacial score (nSPS) is 20.1. The zero-order valence-corrected chi connectivity index (χ0v) is 7.09. The van der Waals surface area contributed by atoms with Crippen molar-refractivity contribution in [1.82, 2.24) is 0 Å². The topological polar surface area (TPSA) is 12.4 Å². The lowest BCUT2D eigenvalue weighted by molar-refractivity contribution is 0.601. The van der Waals surface area contributed by atoms with E-state index in [4.69, 9.17) is 0 Å². The fraction of sp³-hybridized carbons (Fsp3) is 0.857. The summed E-state index contributed by atoms with van der Waals surface area (Å²) in [5.74, 6) is 1.19. The van der Waals surface area contributed by atoms with Gasteiger partial charge in [-0.05, 0) is 0 Å². The molecule has 2 heteroatoms. The molecule has 0 saturated heterocycles. The SMILES string of the molecule is CC(C)(C)C1=NCCS1. The second-order valence-corrected chi connectivity index (χ2v) is 4.37. The molecule has 1 aliphatic heterocycles. The van der Waals surface area contributed by atoms with Crippen LogP contribution in [0.4, 0.5) is 0 Å². The Kier molecular flexibility index (Phi) is 1.85. The van der Waals surface area contributed by atoms with Crippen LogP contribution in [0.5, 0.6) is 0 Å². The smallest absolute Gasteiger partial charge is 0.0730 e. The largest absolute Gasteiger partial charge is 0.281 e. The summed E-state index contributed by atoms with van der Waals surface area (Å²) < 4.78 is 0. The summed E-state index contributed by atoms with van der Waals surface area (Å²) in [5.41, 5.74) is 0.293. The predicted molar refractivity (Wildman–Crippen MR) is 44.2 cm³/mol. The Hall–Kier alpha value is 0.0200. The fourth-order valence-corrected chi connectivity index (χ4v) is 1.78. The van der Waals surface area contributed by atoms with Gasteiger partial charge in [-0.2, -0.15) is 0 Å². The summed E-state index contributed by atoms with van der Waals surface area (Å²) in [6, 6.07) is 0. The van der Waals surface area contributed by atoms with Crippen LogP contribution in [0.15, 0.2) is 4.99 Å². The summed E-state index contributed by atoms with van der Waals surface area (Å²) >= 11 is 1.90. The Morgan fingerprint density at radius 2 is 2.11 bits per heavy atom. The van der Waals surface area contributed by atoms with Gasteiger partial charge in [0.15, 0.2) is 0 Å². The third-order valence-corrected chi connectivity index (χ3v) is 2.63. The Bertz CT molecular complexity index is 132. The third kappa shape index (κ3) is 1.71. The Labute approximate surface area is 60.9 Å². The van der Waals surface area contributed by atoms with Crippen molar-refractivity contribution in [3.8, 4) is 0 Å². The van der Waals surface area contributed by atoms with Crippen LogP contribution in [0.1, 0.15) is 20.8 Å². The molecule has 0 bridgehead atoms. The molecule has 0 aromatic carbocycles. The summed E-state index contributed by atoms with van der Waals surface area (Å²) in [4.78, 5) is 4.39. The lowest BCUT2D eigenvalue weighted by atomic mass is 9.99. The van der Waals surface area contributed by atoms with Crippen LogP contribution in [0.2, 0.25) is 0 Å². The molecule has 52 valence electrons. The van der Waals surface area contributed by atoms with Gasteiger partial charge in [0.1, 0.15) is 0 Å². The highest BCUT2D eigenvalue weighted by molar-refractivity contribution is 8.14. The number of nitrogens with zero attached hydrogens (tertiary/aromatic N) is 1. The number of hydrogen-bond donors (Lipinski definition) is 0. The highest BCUT2D eigenvalue weighted by Crippen LogP contribution is 2.27. The van der Waals surface area contributed by atoms with Gasteiger partial charge in [-0.3, -0.25) is 4.99 Å². The van der Waals surface area contributed by atoms with Gasteiger partial charge in [-0.1, -0.05) is 20.8 Å². The minimum atomic E-state index is 0.293. The van der Waals surface area contributed by atoms with E-state index in [-0.39, 0.29) is 0 Å². The van der Waals surface area contributed by atoms with Crippen molar-refractivity contribution in [2.75, 3.05) is 12.3 Å². The van der Waals surface area contributed by atoms with E-state index in [1.807, 2.05) is 11.8 Å². The van der Waals surface area contributed by atoms with E-state index in [1.165, 1.54) is 10.8 Å². The average molecular weight is 143 g/mol. The van der Waals surface area contributed by atoms with Crippen LogP contribution in [0, 0.1) is 5.41 Å². The molecule has 1 aliphatic rings. The van der Waals surface area contributed by atoms with Gasteiger partial charge in [-0.25, -0.2) is 0 Å². The number of thioether (sulfide) groups is 1. The lowest BCUT2D eigenvalue weighted by Gasteiger charge is -2.16. The first-order chi connectivity index (χ1) is 4.11. The summed E-state index contributed by atoms with van der Waals surface area (Å²) in [7, 11) is 0. The highest BCUT2D eigenvalue weighted by atomic mass is 32.2. The van der Waals surface area contributed by atoms with Gasteiger partial charge >= 0.3 is 0 Å². The van der Waals surface area contributed by atoms with Gasteiger partial charge in [0.05, 0.1) is 5.04 Å². The first-order valence-corrected chi connectivity index (χ1v) is 4.27. The fourth-order valence-electron chi connectivity index (χ4n) is 0.789. The van der Waals surface area contributed by atoms with Crippen LogP contribution in [-0.4, -0.2) is 17.3 Å². The number of rotatable bonds is 0. The van der Waals surface area contributed by atoms with Crippen molar-refractivity contribution in [2.45, 2.75) is 20.8 Å². The van der Waals surface area contributed by atoms with Crippen LogP contribution in [0.25, 0.3) is 0 Å². The Morgan fingerprint density at radius 1 is 1.44 bits per heavy atom. The van der Waals surface area contributed by atoms with Gasteiger partial charge in [-0.15, -0.1) is 11.8 Å². The molecule has 0 saturated carbocycles. The van der Waals surface area contributed by atoms with E-state index in [9.17, 15) is 0 Å². The minimum absolute atomic E-state index is 0.293. The van der Waals surface area contributed by atoms with Crippen LogP contribution >= 0.6 is 11.8 Å². The summed E-state index contributed by atoms with van der Waals surface area (Å²) in [6.07, 6.45) is 0. The molecule has 1 rings (SSSR count). The summed E-state index contributed by atoms with van der Waals surface area (Å²) in [6.45, 7) is 7.66. The second-order valence-electron chi connectivity index (χ2n) is 3.29. The predicted octanol–water partition coefficient (Wildman–Crippen LogP) is 2.18. The maximum absolute atomic E-state index is 4.39. The standard InChI is InChI=1S/C7H13NS/c1-7(2,3)6-8-4-5-9-6/h4-5H2,1-3H3. The molecule has 0 radical (unpaired) electrons. The number of hydrogen-bond acceptors (Lipinski definition) is 2. The van der Waals surface area contributed by atoms with E-state index >= 15 is 0 Å². The minimum Gasteiger partial charge on any atom is -0.281 e. The molecule has 1 heterocycles. The van der Waals surface area contributed by atoms with Crippen molar-refractivity contribution < 1.29 is 0 Å². The molecule has 0 atom stereocenters. The molecule has 0 unspecified atom stereocenters. The maximum atomic E-state index is 4.39. The van der Waals surface area contributed by atoms with Gasteiger partial charge < -0.3 is 0 Å². The maximum Gasteiger partial charge on any atom is 0.0730 e. The van der Waals surface area contributed by atoms with Crippen LogP contribution in [-0.2, 0) is 0 Å². The monoisotopic (exact) mass is 143 g/mol. The van der Waals surface area contributed by atoms with E-state index in [0.717, 1.165) is 6.54 Å². The van der Waals surface area contributed by atoms with E-state index in [0.29, 0.717) is 5.41 Å². The third-order valence-electron chi connectivity index (χ3n) is 1.23. The Balaban J connectivity index is 2.61. The van der Waals surface area contributed by atoms with Gasteiger partial charge in [0, 0.05) is 17.7 Å². The first kappa shape index (κ1) is 7.13. The van der Waals surface area contributed by atoms with Crippen LogP contribution < -0.4 is 0 Å². The zero-order chi connectivity index (χ0) is 6.91.